The third kappa shape index (κ3) is 5.21. The van der Waals surface area contributed by atoms with Crippen molar-refractivity contribution >= 4 is 23.4 Å². The van der Waals surface area contributed by atoms with Crippen molar-refractivity contribution in [1.82, 2.24) is 19.6 Å². The number of hydrogen-bond donors (Lipinski definition) is 0. The molecule has 1 unspecified atom stereocenters. The second-order valence-corrected chi connectivity index (χ2v) is 7.88. The number of halogens is 1. The number of benzene rings is 1. The Balaban J connectivity index is 1.45. The van der Waals surface area contributed by atoms with Crippen LogP contribution in [-0.4, -0.2) is 89.8 Å². The second-order valence-electron chi connectivity index (χ2n) is 7.45. The van der Waals surface area contributed by atoms with Gasteiger partial charge in [0.15, 0.2) is 0 Å². The quantitative estimate of drug-likeness (QED) is 0.779. The Kier molecular flexibility index (Phi) is 6.73. The standard InChI is InChI=1S/C20H29ClN4O2/c1-16(20(27)25-13-11-24(12-14-25)17(2)26)23-9-7-22(8-10-23)15-18-3-5-19(21)6-4-18/h3-6,16H,7-15H2,1-2H3. The van der Waals surface area contributed by atoms with E-state index in [1.807, 2.05) is 28.9 Å². The molecule has 0 radical (unpaired) electrons. The zero-order valence-corrected chi connectivity index (χ0v) is 17.0. The summed E-state index contributed by atoms with van der Waals surface area (Å²) in [4.78, 5) is 32.7. The van der Waals surface area contributed by atoms with Crippen LogP contribution < -0.4 is 0 Å². The molecule has 0 aromatic heterocycles. The molecule has 3 rings (SSSR count). The highest BCUT2D eigenvalue weighted by atomic mass is 35.5. The predicted molar refractivity (Wildman–Crippen MR) is 107 cm³/mol. The molecule has 2 aliphatic rings. The fourth-order valence-electron chi connectivity index (χ4n) is 3.82. The minimum absolute atomic E-state index is 0.0898. The number of amides is 2. The molecule has 0 bridgehead atoms. The molecule has 2 fully saturated rings. The summed E-state index contributed by atoms with van der Waals surface area (Å²) in [6.45, 7) is 10.8. The third-order valence-corrected chi connectivity index (χ3v) is 5.92. The van der Waals surface area contributed by atoms with E-state index in [9.17, 15) is 9.59 Å². The van der Waals surface area contributed by atoms with Crippen LogP contribution in [0.2, 0.25) is 5.02 Å². The van der Waals surface area contributed by atoms with Crippen LogP contribution in [0.3, 0.4) is 0 Å². The topological polar surface area (TPSA) is 47.1 Å². The maximum absolute atomic E-state index is 12.8. The molecule has 2 amide bonds. The van der Waals surface area contributed by atoms with Crippen molar-refractivity contribution in [2.45, 2.75) is 26.4 Å². The summed E-state index contributed by atoms with van der Waals surface area (Å²) in [6, 6.07) is 7.90. The lowest BCUT2D eigenvalue weighted by atomic mass is 10.1. The lowest BCUT2D eigenvalue weighted by Crippen LogP contribution is -2.57. The number of rotatable bonds is 4. The predicted octanol–water partition coefficient (Wildman–Crippen LogP) is 1.54. The minimum atomic E-state index is -0.105. The maximum Gasteiger partial charge on any atom is 0.239 e. The van der Waals surface area contributed by atoms with Gasteiger partial charge in [-0.05, 0) is 24.6 Å². The molecule has 1 aromatic rings. The molecule has 0 spiro atoms. The van der Waals surface area contributed by atoms with Gasteiger partial charge in [0.1, 0.15) is 0 Å². The Morgan fingerprint density at radius 1 is 0.926 bits per heavy atom. The fraction of sp³-hybridized carbons (Fsp3) is 0.600. The number of carbonyl (C=O) groups excluding carboxylic acids is 2. The molecular formula is C20H29ClN4O2. The first kappa shape index (κ1) is 20.1. The second kappa shape index (κ2) is 9.04. The molecule has 7 heteroatoms. The van der Waals surface area contributed by atoms with Gasteiger partial charge in [0.25, 0.3) is 0 Å². The van der Waals surface area contributed by atoms with Gasteiger partial charge in [-0.3, -0.25) is 19.4 Å². The molecule has 1 atom stereocenters. The highest BCUT2D eigenvalue weighted by Gasteiger charge is 2.30. The Morgan fingerprint density at radius 2 is 1.48 bits per heavy atom. The largest absolute Gasteiger partial charge is 0.339 e. The van der Waals surface area contributed by atoms with E-state index in [2.05, 4.69) is 21.9 Å². The van der Waals surface area contributed by atoms with E-state index >= 15 is 0 Å². The van der Waals surface area contributed by atoms with E-state index < -0.39 is 0 Å². The van der Waals surface area contributed by atoms with Gasteiger partial charge in [0.05, 0.1) is 6.04 Å². The fourth-order valence-corrected chi connectivity index (χ4v) is 3.94. The molecule has 0 aliphatic carbocycles. The van der Waals surface area contributed by atoms with Crippen molar-refractivity contribution in [3.8, 4) is 0 Å². The molecule has 1 aromatic carbocycles. The Labute approximate surface area is 166 Å². The molecule has 0 N–H and O–H groups in total. The SMILES string of the molecule is CC(=O)N1CCN(C(=O)C(C)N2CCN(Cc3ccc(Cl)cc3)CC2)CC1. The van der Waals surface area contributed by atoms with Crippen molar-refractivity contribution in [2.75, 3.05) is 52.4 Å². The number of piperazine rings is 2. The molecule has 2 saturated heterocycles. The van der Waals surface area contributed by atoms with Gasteiger partial charge < -0.3 is 9.80 Å². The van der Waals surface area contributed by atoms with Gasteiger partial charge in [-0.2, -0.15) is 0 Å². The lowest BCUT2D eigenvalue weighted by molar-refractivity contribution is -0.142. The van der Waals surface area contributed by atoms with Crippen molar-refractivity contribution in [3.63, 3.8) is 0 Å². The van der Waals surface area contributed by atoms with Crippen molar-refractivity contribution < 1.29 is 9.59 Å². The summed E-state index contributed by atoms with van der Waals surface area (Å²) >= 11 is 5.95. The van der Waals surface area contributed by atoms with Crippen LogP contribution in [0.15, 0.2) is 24.3 Å². The minimum Gasteiger partial charge on any atom is -0.339 e. The van der Waals surface area contributed by atoms with Gasteiger partial charge in [-0.1, -0.05) is 23.7 Å². The van der Waals surface area contributed by atoms with Gasteiger partial charge in [-0.15, -0.1) is 0 Å². The van der Waals surface area contributed by atoms with Crippen LogP contribution in [-0.2, 0) is 16.1 Å². The molecule has 2 aliphatic heterocycles. The van der Waals surface area contributed by atoms with E-state index in [1.54, 1.807) is 6.92 Å². The van der Waals surface area contributed by atoms with Crippen LogP contribution in [0.1, 0.15) is 19.4 Å². The zero-order chi connectivity index (χ0) is 19.4. The zero-order valence-electron chi connectivity index (χ0n) is 16.2. The summed E-state index contributed by atoms with van der Waals surface area (Å²) in [6.07, 6.45) is 0. The van der Waals surface area contributed by atoms with E-state index in [0.717, 1.165) is 37.7 Å². The molecule has 6 nitrogen and oxygen atoms in total. The van der Waals surface area contributed by atoms with Gasteiger partial charge in [0, 0.05) is 70.8 Å². The van der Waals surface area contributed by atoms with Crippen molar-refractivity contribution in [1.29, 1.82) is 0 Å². The molecule has 148 valence electrons. The smallest absolute Gasteiger partial charge is 0.239 e. The van der Waals surface area contributed by atoms with E-state index in [4.69, 9.17) is 11.6 Å². The van der Waals surface area contributed by atoms with Crippen LogP contribution in [0.25, 0.3) is 0 Å². The maximum atomic E-state index is 12.8. The highest BCUT2D eigenvalue weighted by Crippen LogP contribution is 2.15. The Hall–Kier alpha value is -1.63. The van der Waals surface area contributed by atoms with E-state index in [-0.39, 0.29) is 17.9 Å². The van der Waals surface area contributed by atoms with Gasteiger partial charge in [-0.25, -0.2) is 0 Å². The van der Waals surface area contributed by atoms with E-state index in [1.165, 1.54) is 5.56 Å². The first-order chi connectivity index (χ1) is 12.9. The highest BCUT2D eigenvalue weighted by molar-refractivity contribution is 6.30. The number of carbonyl (C=O) groups is 2. The average molecular weight is 393 g/mol. The summed E-state index contributed by atoms with van der Waals surface area (Å²) in [5.41, 5.74) is 1.26. The van der Waals surface area contributed by atoms with Crippen LogP contribution in [0.4, 0.5) is 0 Å². The van der Waals surface area contributed by atoms with Gasteiger partial charge >= 0.3 is 0 Å². The van der Waals surface area contributed by atoms with Crippen molar-refractivity contribution in [3.05, 3.63) is 34.9 Å². The van der Waals surface area contributed by atoms with Gasteiger partial charge in [0.2, 0.25) is 11.8 Å². The summed E-state index contributed by atoms with van der Waals surface area (Å²) in [7, 11) is 0. The average Bonchev–Trinajstić information content (AvgIpc) is 2.69. The van der Waals surface area contributed by atoms with Crippen LogP contribution in [0.5, 0.6) is 0 Å². The lowest BCUT2D eigenvalue weighted by Gasteiger charge is -2.41. The molecule has 0 saturated carbocycles. The normalized spacial score (nSPS) is 20.6. The Morgan fingerprint density at radius 3 is 2.04 bits per heavy atom. The van der Waals surface area contributed by atoms with Crippen molar-refractivity contribution in [2.24, 2.45) is 0 Å². The Bertz CT molecular complexity index is 650. The molecule has 2 heterocycles. The molecule has 27 heavy (non-hydrogen) atoms. The molecular weight excluding hydrogens is 364 g/mol. The van der Waals surface area contributed by atoms with Crippen LogP contribution >= 0.6 is 11.6 Å². The summed E-state index contributed by atoms with van der Waals surface area (Å²) in [5, 5.41) is 0.764. The first-order valence-electron chi connectivity index (χ1n) is 9.69. The monoisotopic (exact) mass is 392 g/mol. The van der Waals surface area contributed by atoms with E-state index in [0.29, 0.717) is 26.2 Å². The van der Waals surface area contributed by atoms with Crippen LogP contribution in [0, 0.1) is 0 Å². The number of nitrogens with zero attached hydrogens (tertiary/aromatic N) is 4. The summed E-state index contributed by atoms with van der Waals surface area (Å²) < 4.78 is 0. The third-order valence-electron chi connectivity index (χ3n) is 5.67. The number of hydrogen-bond acceptors (Lipinski definition) is 4. The summed E-state index contributed by atoms with van der Waals surface area (Å²) in [5.74, 6) is 0.274. The first-order valence-corrected chi connectivity index (χ1v) is 10.1.